The average Bonchev–Trinajstić information content (AvgIpc) is 3.23. The van der Waals surface area contributed by atoms with Gasteiger partial charge in [-0.3, -0.25) is 14.9 Å². The van der Waals surface area contributed by atoms with Crippen LogP contribution >= 0.6 is 0 Å². The number of rotatable bonds is 3. The van der Waals surface area contributed by atoms with Gasteiger partial charge in [0.25, 0.3) is 0 Å². The normalized spacial score (nSPS) is 20.1. The Morgan fingerprint density at radius 2 is 2.07 bits per heavy atom. The summed E-state index contributed by atoms with van der Waals surface area (Å²) < 4.78 is 28.5. The van der Waals surface area contributed by atoms with Crippen LogP contribution in [0.4, 0.5) is 25.3 Å². The van der Waals surface area contributed by atoms with Crippen molar-refractivity contribution in [3.63, 3.8) is 0 Å². The third kappa shape index (κ3) is 3.23. The van der Waals surface area contributed by atoms with E-state index < -0.39 is 22.1 Å². The third-order valence-corrected chi connectivity index (χ3v) is 5.90. The zero-order valence-corrected chi connectivity index (χ0v) is 17.2. The van der Waals surface area contributed by atoms with Gasteiger partial charge in [0, 0.05) is 10.0 Å². The molecule has 2 aliphatic rings. The second-order valence-electron chi connectivity index (χ2n) is 8.22. The molecule has 2 aromatic rings. The van der Waals surface area contributed by atoms with Gasteiger partial charge in [-0.25, -0.2) is 19.2 Å². The minimum Gasteiger partial charge on any atom is -0.321 e. The fourth-order valence-electron chi connectivity index (χ4n) is 3.89. The predicted molar refractivity (Wildman–Crippen MR) is 107 cm³/mol. The molecule has 0 saturated carbocycles. The summed E-state index contributed by atoms with van der Waals surface area (Å²) in [6, 6.07) is -0.578. The molecule has 160 valence electrons. The van der Waals surface area contributed by atoms with Gasteiger partial charge >= 0.3 is 6.03 Å². The summed E-state index contributed by atoms with van der Waals surface area (Å²) >= 11 is 0. The highest BCUT2D eigenvalue weighted by Crippen LogP contribution is 2.42. The molecule has 0 bridgehead atoms. The number of fused-ring (bicyclic) bond motifs is 1. The molecular weight excluding hydrogens is 394 g/mol. The molecule has 0 radical (unpaired) electrons. The molecule has 0 aliphatic carbocycles. The minimum atomic E-state index is -1.13. The Kier molecular flexibility index (Phi) is 4.82. The van der Waals surface area contributed by atoms with Crippen LogP contribution in [0.3, 0.4) is 0 Å². The van der Waals surface area contributed by atoms with Crippen molar-refractivity contribution >= 4 is 23.7 Å². The van der Waals surface area contributed by atoms with E-state index in [1.165, 1.54) is 11.0 Å². The van der Waals surface area contributed by atoms with Crippen LogP contribution in [-0.2, 0) is 12.1 Å². The van der Waals surface area contributed by atoms with E-state index in [0.29, 0.717) is 30.2 Å². The van der Waals surface area contributed by atoms with Gasteiger partial charge in [0.15, 0.2) is 23.3 Å². The maximum Gasteiger partial charge on any atom is 0.458 e. The molecule has 1 fully saturated rings. The number of hydrogen-bond acceptors (Lipinski definition) is 6. The van der Waals surface area contributed by atoms with Crippen molar-refractivity contribution in [1.29, 1.82) is 0 Å². The smallest absolute Gasteiger partial charge is 0.321 e. The van der Waals surface area contributed by atoms with Crippen LogP contribution in [0.15, 0.2) is 12.8 Å². The number of aromatic nitrogens is 4. The number of urea groups is 1. The van der Waals surface area contributed by atoms with E-state index in [2.05, 4.69) is 32.1 Å². The lowest BCUT2D eigenvalue weighted by Crippen LogP contribution is -2.62. The topological polar surface area (TPSA) is 90.0 Å². The Labute approximate surface area is 172 Å². The highest BCUT2D eigenvalue weighted by atomic mass is 19.2. The molecule has 1 saturated heterocycles. The van der Waals surface area contributed by atoms with Crippen molar-refractivity contribution < 1.29 is 18.4 Å². The molecule has 2 N–H and O–H groups in total. The molecule has 0 atom stereocenters. The number of halogens is 2. The SMILES string of the molecule is C=Cc1ncc(F)c(Nc2n[nH]c3c2CN(C(=O)[N+]2(F)CCN(C)CC2)C3(C)C)n1. The van der Waals surface area contributed by atoms with Gasteiger partial charge < -0.3 is 5.32 Å². The number of quaternary nitrogens is 1. The monoisotopic (exact) mass is 419 g/mol. The number of hydrogen-bond donors (Lipinski definition) is 2. The Balaban J connectivity index is 1.61. The fraction of sp³-hybridized carbons (Fsp3) is 0.474. The lowest BCUT2D eigenvalue weighted by Gasteiger charge is -2.38. The number of carbonyl (C=O) groups excluding carboxylic acids is 1. The number of carbonyl (C=O) groups is 1. The molecule has 2 aromatic heterocycles. The van der Waals surface area contributed by atoms with Gasteiger partial charge in [-0.1, -0.05) is 6.58 Å². The summed E-state index contributed by atoms with van der Waals surface area (Å²) in [7, 11) is 1.91. The Morgan fingerprint density at radius 1 is 1.37 bits per heavy atom. The van der Waals surface area contributed by atoms with Gasteiger partial charge in [-0.2, -0.15) is 5.10 Å². The standard InChI is InChI=1S/C19H25F2N8O/c1-5-14-22-10-13(20)17(23-14)24-16-12-11-28(19(2,3)15(12)25-26-16)18(30)29(21)8-6-27(4)7-9-29/h5,10H,1,6-9,11H2,2-4H3,(H2,22,23,24,25,26)/q+1. The number of anilines is 2. The first-order valence-electron chi connectivity index (χ1n) is 9.73. The second-order valence-corrected chi connectivity index (χ2v) is 8.22. The zero-order valence-electron chi connectivity index (χ0n) is 17.2. The Bertz CT molecular complexity index is 996. The Morgan fingerprint density at radius 3 is 2.73 bits per heavy atom. The van der Waals surface area contributed by atoms with E-state index in [-0.39, 0.29) is 31.3 Å². The molecule has 4 heterocycles. The van der Waals surface area contributed by atoms with Crippen LogP contribution in [0.1, 0.15) is 30.9 Å². The lowest BCUT2D eigenvalue weighted by atomic mass is 10.0. The highest BCUT2D eigenvalue weighted by molar-refractivity contribution is 5.71. The van der Waals surface area contributed by atoms with E-state index in [4.69, 9.17) is 0 Å². The molecule has 0 aromatic carbocycles. The summed E-state index contributed by atoms with van der Waals surface area (Å²) in [6.07, 6.45) is 2.45. The van der Waals surface area contributed by atoms with Gasteiger partial charge in [0.1, 0.15) is 13.1 Å². The summed E-state index contributed by atoms with van der Waals surface area (Å²) in [4.78, 5) is 24.6. The Hall–Kier alpha value is -2.92. The van der Waals surface area contributed by atoms with Crippen LogP contribution in [0.2, 0.25) is 0 Å². The van der Waals surface area contributed by atoms with Crippen LogP contribution < -0.4 is 5.32 Å². The first-order valence-corrected chi connectivity index (χ1v) is 9.73. The largest absolute Gasteiger partial charge is 0.458 e. The number of piperazine rings is 1. The third-order valence-electron chi connectivity index (χ3n) is 5.90. The summed E-state index contributed by atoms with van der Waals surface area (Å²) in [6.45, 7) is 8.63. The fourth-order valence-corrected chi connectivity index (χ4v) is 3.89. The summed E-state index contributed by atoms with van der Waals surface area (Å²) in [5.41, 5.74) is 0.556. The number of amides is 2. The van der Waals surface area contributed by atoms with Crippen molar-refractivity contribution in [2.45, 2.75) is 25.9 Å². The molecule has 2 amide bonds. The lowest BCUT2D eigenvalue weighted by molar-refractivity contribution is -0.994. The van der Waals surface area contributed by atoms with Gasteiger partial charge in [0.05, 0.1) is 37.1 Å². The molecule has 4 rings (SSSR count). The predicted octanol–water partition coefficient (Wildman–Crippen LogP) is 2.54. The van der Waals surface area contributed by atoms with E-state index in [9.17, 15) is 9.18 Å². The van der Waals surface area contributed by atoms with Gasteiger partial charge in [0.2, 0.25) is 0 Å². The van der Waals surface area contributed by atoms with E-state index in [1.807, 2.05) is 25.8 Å². The van der Waals surface area contributed by atoms with Crippen LogP contribution in [-0.4, -0.2) is 73.9 Å². The van der Waals surface area contributed by atoms with Crippen LogP contribution in [0.5, 0.6) is 0 Å². The molecule has 0 unspecified atom stereocenters. The van der Waals surface area contributed by atoms with Gasteiger partial charge in [-0.05, 0) is 31.7 Å². The van der Waals surface area contributed by atoms with Crippen LogP contribution in [0, 0.1) is 5.82 Å². The molecule has 2 aliphatic heterocycles. The van der Waals surface area contributed by atoms with Crippen molar-refractivity contribution in [2.75, 3.05) is 38.5 Å². The number of aromatic amines is 1. The average molecular weight is 419 g/mol. The number of nitrogens with zero attached hydrogens (tertiary/aromatic N) is 6. The summed E-state index contributed by atoms with van der Waals surface area (Å²) in [5, 5.41) is 10.0. The van der Waals surface area contributed by atoms with Crippen molar-refractivity contribution in [3.8, 4) is 0 Å². The first kappa shape index (κ1) is 20.4. The number of H-pyrrole nitrogens is 1. The number of nitrogens with one attached hydrogen (secondary N) is 2. The highest BCUT2D eigenvalue weighted by Gasteiger charge is 2.53. The van der Waals surface area contributed by atoms with Crippen molar-refractivity contribution in [2.24, 2.45) is 0 Å². The molecule has 11 heteroatoms. The quantitative estimate of drug-likeness (QED) is 0.744. The maximum absolute atomic E-state index is 15.4. The molecule has 9 nitrogen and oxygen atoms in total. The van der Waals surface area contributed by atoms with Crippen molar-refractivity contribution in [3.05, 3.63) is 35.7 Å². The first-order chi connectivity index (χ1) is 14.2. The minimum absolute atomic E-state index is 0.0511. The molecule has 0 spiro atoms. The van der Waals surface area contributed by atoms with Gasteiger partial charge in [-0.15, -0.1) is 0 Å². The van der Waals surface area contributed by atoms with E-state index in [0.717, 1.165) is 6.20 Å². The second kappa shape index (κ2) is 7.10. The molecular formula is C19H25F2N8O+. The van der Waals surface area contributed by atoms with Crippen molar-refractivity contribution in [1.82, 2.24) is 30.0 Å². The number of likely N-dealkylation sites (N-methyl/N-ethyl adjacent to an activating group) is 1. The summed E-state index contributed by atoms with van der Waals surface area (Å²) in [5.74, 6) is -0.0926. The zero-order chi connectivity index (χ0) is 21.7. The van der Waals surface area contributed by atoms with E-state index in [1.54, 1.807) is 0 Å². The maximum atomic E-state index is 15.4. The van der Waals surface area contributed by atoms with E-state index >= 15 is 4.48 Å². The van der Waals surface area contributed by atoms with Crippen LogP contribution in [0.25, 0.3) is 6.08 Å². The molecule has 30 heavy (non-hydrogen) atoms.